The SMILES string of the molecule is CC[C@H](C)NC(=O)NC(=O)COC(=O)COc1ccccc1C(C)(C)C. The number of carbonyl (C=O) groups excluding carboxylic acids is 3. The number of hydrogen-bond donors (Lipinski definition) is 2. The van der Waals surface area contributed by atoms with E-state index in [1.165, 1.54) is 0 Å². The molecule has 0 heterocycles. The van der Waals surface area contributed by atoms with Crippen LogP contribution in [-0.2, 0) is 19.7 Å². The Morgan fingerprint density at radius 3 is 2.38 bits per heavy atom. The molecule has 0 radical (unpaired) electrons. The molecule has 1 aromatic rings. The van der Waals surface area contributed by atoms with E-state index in [0.717, 1.165) is 12.0 Å². The van der Waals surface area contributed by atoms with Crippen LogP contribution in [0.3, 0.4) is 0 Å². The van der Waals surface area contributed by atoms with E-state index in [-0.39, 0.29) is 18.1 Å². The highest BCUT2D eigenvalue weighted by Gasteiger charge is 2.19. The van der Waals surface area contributed by atoms with Crippen molar-refractivity contribution in [2.75, 3.05) is 13.2 Å². The second-order valence-corrected chi connectivity index (χ2v) is 7.03. The predicted octanol–water partition coefficient (Wildman–Crippen LogP) is 2.53. The molecule has 2 N–H and O–H groups in total. The predicted molar refractivity (Wildman–Crippen MR) is 98.0 cm³/mol. The Morgan fingerprint density at radius 1 is 1.12 bits per heavy atom. The number of rotatable bonds is 7. The zero-order valence-corrected chi connectivity index (χ0v) is 16.0. The van der Waals surface area contributed by atoms with Gasteiger partial charge in [-0.2, -0.15) is 0 Å². The van der Waals surface area contributed by atoms with Crippen molar-refractivity contribution in [3.63, 3.8) is 0 Å². The Morgan fingerprint density at radius 2 is 1.77 bits per heavy atom. The van der Waals surface area contributed by atoms with Crippen LogP contribution in [0.15, 0.2) is 24.3 Å². The van der Waals surface area contributed by atoms with Crippen molar-refractivity contribution in [2.45, 2.75) is 52.5 Å². The van der Waals surface area contributed by atoms with Gasteiger partial charge in [0.15, 0.2) is 13.2 Å². The zero-order valence-electron chi connectivity index (χ0n) is 16.0. The van der Waals surface area contributed by atoms with Crippen LogP contribution in [0.5, 0.6) is 5.75 Å². The molecule has 0 aromatic heterocycles. The van der Waals surface area contributed by atoms with Crippen LogP contribution in [0.4, 0.5) is 4.79 Å². The normalized spacial score (nSPS) is 12.0. The first-order chi connectivity index (χ1) is 12.1. The number of amides is 3. The van der Waals surface area contributed by atoms with Crippen molar-refractivity contribution < 1.29 is 23.9 Å². The maximum absolute atomic E-state index is 11.8. The van der Waals surface area contributed by atoms with Gasteiger partial charge >= 0.3 is 12.0 Å². The molecular formula is C19H28N2O5. The first kappa shape index (κ1) is 21.5. The summed E-state index contributed by atoms with van der Waals surface area (Å²) in [4.78, 5) is 34.9. The molecule has 0 aliphatic heterocycles. The number of ether oxygens (including phenoxy) is 2. The Hall–Kier alpha value is -2.57. The molecule has 3 amide bonds. The summed E-state index contributed by atoms with van der Waals surface area (Å²) in [7, 11) is 0. The summed E-state index contributed by atoms with van der Waals surface area (Å²) in [6.45, 7) is 8.99. The summed E-state index contributed by atoms with van der Waals surface area (Å²) in [6.07, 6.45) is 0.740. The highest BCUT2D eigenvalue weighted by atomic mass is 16.6. The van der Waals surface area contributed by atoms with E-state index < -0.39 is 24.5 Å². The Labute approximate surface area is 154 Å². The van der Waals surface area contributed by atoms with Gasteiger partial charge in [-0.25, -0.2) is 9.59 Å². The van der Waals surface area contributed by atoms with E-state index in [1.807, 2.05) is 52.8 Å². The van der Waals surface area contributed by atoms with Crippen LogP contribution in [0, 0.1) is 0 Å². The van der Waals surface area contributed by atoms with E-state index in [1.54, 1.807) is 6.07 Å². The summed E-state index contributed by atoms with van der Waals surface area (Å²) < 4.78 is 10.3. The molecular weight excluding hydrogens is 336 g/mol. The van der Waals surface area contributed by atoms with Crippen molar-refractivity contribution >= 4 is 17.9 Å². The summed E-state index contributed by atoms with van der Waals surface area (Å²) in [5.41, 5.74) is 0.830. The van der Waals surface area contributed by atoms with Crippen LogP contribution >= 0.6 is 0 Å². The van der Waals surface area contributed by atoms with Crippen molar-refractivity contribution in [3.05, 3.63) is 29.8 Å². The molecule has 144 valence electrons. The van der Waals surface area contributed by atoms with Gasteiger partial charge in [0.2, 0.25) is 0 Å². The minimum absolute atomic E-state index is 0.0540. The lowest BCUT2D eigenvalue weighted by Gasteiger charge is -2.22. The molecule has 0 spiro atoms. The maximum Gasteiger partial charge on any atom is 0.344 e. The van der Waals surface area contributed by atoms with E-state index in [2.05, 4.69) is 10.6 Å². The minimum atomic E-state index is -0.700. The van der Waals surface area contributed by atoms with Gasteiger partial charge in [0.1, 0.15) is 5.75 Å². The minimum Gasteiger partial charge on any atom is -0.482 e. The van der Waals surface area contributed by atoms with E-state index in [0.29, 0.717) is 5.75 Å². The molecule has 0 saturated heterocycles. The number of hydrogen-bond acceptors (Lipinski definition) is 5. The van der Waals surface area contributed by atoms with E-state index in [9.17, 15) is 14.4 Å². The number of para-hydroxylation sites is 1. The Kier molecular flexibility index (Phi) is 8.09. The largest absolute Gasteiger partial charge is 0.482 e. The number of carbonyl (C=O) groups is 3. The monoisotopic (exact) mass is 364 g/mol. The molecule has 26 heavy (non-hydrogen) atoms. The van der Waals surface area contributed by atoms with Crippen LogP contribution in [0.1, 0.15) is 46.6 Å². The molecule has 0 saturated carbocycles. The van der Waals surface area contributed by atoms with Gasteiger partial charge in [-0.3, -0.25) is 10.1 Å². The van der Waals surface area contributed by atoms with Crippen molar-refractivity contribution in [1.29, 1.82) is 0 Å². The Bertz CT molecular complexity index is 637. The standard InChI is InChI=1S/C19H28N2O5/c1-6-13(2)20-18(24)21-16(22)11-26-17(23)12-25-15-10-8-7-9-14(15)19(3,4)5/h7-10,13H,6,11-12H2,1-5H3,(H2,20,21,22,24)/t13-/m0/s1. The lowest BCUT2D eigenvalue weighted by molar-refractivity contribution is -0.150. The number of urea groups is 1. The smallest absolute Gasteiger partial charge is 0.344 e. The van der Waals surface area contributed by atoms with Crippen molar-refractivity contribution in [2.24, 2.45) is 0 Å². The fourth-order valence-electron chi connectivity index (χ4n) is 2.06. The van der Waals surface area contributed by atoms with Gasteiger partial charge in [0.25, 0.3) is 5.91 Å². The molecule has 1 atom stereocenters. The molecule has 0 aliphatic carbocycles. The van der Waals surface area contributed by atoms with Crippen molar-refractivity contribution in [3.8, 4) is 5.75 Å². The highest BCUT2D eigenvalue weighted by molar-refractivity contribution is 5.95. The fourth-order valence-corrected chi connectivity index (χ4v) is 2.06. The van der Waals surface area contributed by atoms with Gasteiger partial charge in [-0.05, 0) is 30.4 Å². The number of benzene rings is 1. The summed E-state index contributed by atoms with van der Waals surface area (Å²) in [5, 5.41) is 4.68. The zero-order chi connectivity index (χ0) is 19.7. The summed E-state index contributed by atoms with van der Waals surface area (Å²) in [6, 6.07) is 6.77. The molecule has 0 unspecified atom stereocenters. The third kappa shape index (κ3) is 7.55. The van der Waals surface area contributed by atoms with Gasteiger partial charge in [-0.1, -0.05) is 45.9 Å². The maximum atomic E-state index is 11.8. The summed E-state index contributed by atoms with van der Waals surface area (Å²) in [5.74, 6) is -0.797. The third-order valence-electron chi connectivity index (χ3n) is 3.65. The fraction of sp³-hybridized carbons (Fsp3) is 0.526. The van der Waals surface area contributed by atoms with Crippen LogP contribution in [0.2, 0.25) is 0 Å². The number of esters is 1. The van der Waals surface area contributed by atoms with Gasteiger partial charge in [0, 0.05) is 6.04 Å². The quantitative estimate of drug-likeness (QED) is 0.725. The van der Waals surface area contributed by atoms with Crippen LogP contribution < -0.4 is 15.4 Å². The molecule has 0 fully saturated rings. The van der Waals surface area contributed by atoms with E-state index >= 15 is 0 Å². The van der Waals surface area contributed by atoms with Gasteiger partial charge < -0.3 is 14.8 Å². The summed E-state index contributed by atoms with van der Waals surface area (Å²) >= 11 is 0. The highest BCUT2D eigenvalue weighted by Crippen LogP contribution is 2.30. The first-order valence-electron chi connectivity index (χ1n) is 8.61. The molecule has 7 heteroatoms. The average Bonchev–Trinajstić information content (AvgIpc) is 2.57. The van der Waals surface area contributed by atoms with Gasteiger partial charge in [0.05, 0.1) is 0 Å². The molecule has 0 bridgehead atoms. The van der Waals surface area contributed by atoms with E-state index in [4.69, 9.17) is 9.47 Å². The van der Waals surface area contributed by atoms with Crippen LogP contribution in [-0.4, -0.2) is 37.2 Å². The second kappa shape index (κ2) is 9.79. The lowest BCUT2D eigenvalue weighted by atomic mass is 9.86. The molecule has 0 aliphatic rings. The average molecular weight is 364 g/mol. The third-order valence-corrected chi connectivity index (χ3v) is 3.65. The number of imide groups is 1. The lowest BCUT2D eigenvalue weighted by Crippen LogP contribution is -2.44. The van der Waals surface area contributed by atoms with Crippen molar-refractivity contribution in [1.82, 2.24) is 10.6 Å². The number of nitrogens with one attached hydrogen (secondary N) is 2. The Balaban J connectivity index is 2.42. The first-order valence-corrected chi connectivity index (χ1v) is 8.61. The second-order valence-electron chi connectivity index (χ2n) is 7.03. The van der Waals surface area contributed by atoms with Gasteiger partial charge in [-0.15, -0.1) is 0 Å². The molecule has 1 rings (SSSR count). The van der Waals surface area contributed by atoms with Crippen LogP contribution in [0.25, 0.3) is 0 Å². The molecule has 7 nitrogen and oxygen atoms in total. The molecule has 1 aromatic carbocycles. The topological polar surface area (TPSA) is 93.7 Å².